The van der Waals surface area contributed by atoms with E-state index in [-0.39, 0.29) is 0 Å². The second-order valence-electron chi connectivity index (χ2n) is 4.91. The largest absolute Gasteiger partial charge is 0.145 e. The van der Waals surface area contributed by atoms with Crippen molar-refractivity contribution in [1.82, 2.24) is 0 Å². The van der Waals surface area contributed by atoms with Gasteiger partial charge in [-0.2, -0.15) is 0 Å². The molecule has 1 heterocycles. The molecule has 0 spiro atoms. The van der Waals surface area contributed by atoms with Crippen LogP contribution < -0.4 is 0 Å². The topological polar surface area (TPSA) is 0 Å². The van der Waals surface area contributed by atoms with Gasteiger partial charge in [-0.15, -0.1) is 22.9 Å². The lowest BCUT2D eigenvalue weighted by Crippen LogP contribution is -2.07. The maximum absolute atomic E-state index is 6.32. The molecule has 0 saturated heterocycles. The van der Waals surface area contributed by atoms with Gasteiger partial charge in [0.2, 0.25) is 0 Å². The zero-order valence-electron chi connectivity index (χ0n) is 10.0. The Bertz CT molecular complexity index is 318. The van der Waals surface area contributed by atoms with E-state index in [1.165, 1.54) is 49.8 Å². The molecule has 0 aliphatic heterocycles. The maximum Gasteiger partial charge on any atom is 0.0338 e. The van der Waals surface area contributed by atoms with E-state index < -0.39 is 0 Å². The van der Waals surface area contributed by atoms with Crippen LogP contribution in [0.5, 0.6) is 0 Å². The molecule has 0 radical (unpaired) electrons. The number of aryl methyl sites for hydroxylation is 1. The van der Waals surface area contributed by atoms with E-state index in [2.05, 4.69) is 19.1 Å². The summed E-state index contributed by atoms with van der Waals surface area (Å²) in [6.07, 6.45) is 8.96. The predicted molar refractivity (Wildman–Crippen MR) is 73.6 cm³/mol. The first-order valence-electron chi connectivity index (χ1n) is 6.49. The normalized spacial score (nSPS) is 26.6. The van der Waals surface area contributed by atoms with Crippen LogP contribution in [-0.2, 0) is 12.8 Å². The van der Waals surface area contributed by atoms with E-state index in [9.17, 15) is 0 Å². The van der Waals surface area contributed by atoms with Gasteiger partial charge in [0, 0.05) is 15.1 Å². The predicted octanol–water partition coefficient (Wildman–Crippen LogP) is 5.04. The van der Waals surface area contributed by atoms with Gasteiger partial charge in [-0.1, -0.05) is 26.2 Å². The fourth-order valence-corrected chi connectivity index (χ4v) is 4.07. The molecule has 0 amide bonds. The minimum Gasteiger partial charge on any atom is -0.145 e. The standard InChI is InChI=1S/C14H21ClS/c1-2-13-7-8-14(16-13)10-11-5-3-4-6-12(15)9-11/h7-8,11-12H,2-6,9-10H2,1H3. The van der Waals surface area contributed by atoms with E-state index >= 15 is 0 Å². The Morgan fingerprint density at radius 2 is 2.00 bits per heavy atom. The zero-order valence-corrected chi connectivity index (χ0v) is 11.6. The highest BCUT2D eigenvalue weighted by atomic mass is 35.5. The Morgan fingerprint density at radius 1 is 1.25 bits per heavy atom. The molecule has 2 unspecified atom stereocenters. The van der Waals surface area contributed by atoms with Gasteiger partial charge in [0.25, 0.3) is 0 Å². The molecular formula is C14H21ClS. The molecule has 2 heteroatoms. The highest BCUT2D eigenvalue weighted by Crippen LogP contribution is 2.31. The summed E-state index contributed by atoms with van der Waals surface area (Å²) in [4.78, 5) is 3.08. The number of thiophene rings is 1. The number of rotatable bonds is 3. The number of alkyl halides is 1. The summed E-state index contributed by atoms with van der Waals surface area (Å²) >= 11 is 8.31. The van der Waals surface area contributed by atoms with Crippen molar-refractivity contribution < 1.29 is 0 Å². The molecule has 0 nitrogen and oxygen atoms in total. The SMILES string of the molecule is CCc1ccc(CC2CCCCC(Cl)C2)s1. The molecule has 1 saturated carbocycles. The van der Waals surface area contributed by atoms with Gasteiger partial charge in [0.15, 0.2) is 0 Å². The quantitative estimate of drug-likeness (QED) is 0.525. The number of halogens is 1. The Morgan fingerprint density at radius 3 is 2.75 bits per heavy atom. The Labute approximate surface area is 108 Å². The van der Waals surface area contributed by atoms with Crippen molar-refractivity contribution in [1.29, 1.82) is 0 Å². The molecule has 0 aromatic carbocycles. The van der Waals surface area contributed by atoms with E-state index in [4.69, 9.17) is 11.6 Å². The third-order valence-corrected chi connectivity index (χ3v) is 5.17. The van der Waals surface area contributed by atoms with Gasteiger partial charge < -0.3 is 0 Å². The molecule has 0 N–H and O–H groups in total. The van der Waals surface area contributed by atoms with Crippen LogP contribution in [0.3, 0.4) is 0 Å². The third kappa shape index (κ3) is 3.49. The lowest BCUT2D eigenvalue weighted by molar-refractivity contribution is 0.463. The van der Waals surface area contributed by atoms with E-state index in [1.54, 1.807) is 4.88 Å². The molecule has 1 fully saturated rings. The van der Waals surface area contributed by atoms with Gasteiger partial charge in [-0.3, -0.25) is 0 Å². The molecule has 2 rings (SSSR count). The second kappa shape index (κ2) is 6.07. The number of hydrogen-bond acceptors (Lipinski definition) is 1. The molecular weight excluding hydrogens is 236 g/mol. The van der Waals surface area contributed by atoms with Crippen LogP contribution in [0.1, 0.15) is 48.8 Å². The molecule has 2 atom stereocenters. The summed E-state index contributed by atoms with van der Waals surface area (Å²) in [5.74, 6) is 0.827. The smallest absolute Gasteiger partial charge is 0.0338 e. The molecule has 1 aromatic rings. The lowest BCUT2D eigenvalue weighted by atomic mass is 9.96. The Hall–Kier alpha value is -0.0100. The molecule has 90 valence electrons. The van der Waals surface area contributed by atoms with Crippen LogP contribution in [0.2, 0.25) is 0 Å². The van der Waals surface area contributed by atoms with Crippen LogP contribution in [0, 0.1) is 5.92 Å². The van der Waals surface area contributed by atoms with Gasteiger partial charge in [-0.25, -0.2) is 0 Å². The van der Waals surface area contributed by atoms with Crippen molar-refractivity contribution in [2.24, 2.45) is 5.92 Å². The molecule has 1 aliphatic rings. The first kappa shape index (κ1) is 12.4. The van der Waals surface area contributed by atoms with Gasteiger partial charge >= 0.3 is 0 Å². The average Bonchev–Trinajstić information content (AvgIpc) is 2.62. The van der Waals surface area contributed by atoms with Gasteiger partial charge in [-0.05, 0) is 43.7 Å². The van der Waals surface area contributed by atoms with Crippen LogP contribution >= 0.6 is 22.9 Å². The summed E-state index contributed by atoms with van der Waals surface area (Å²) in [7, 11) is 0. The molecule has 16 heavy (non-hydrogen) atoms. The van der Waals surface area contributed by atoms with Crippen LogP contribution in [-0.4, -0.2) is 5.38 Å². The van der Waals surface area contributed by atoms with Crippen molar-refractivity contribution in [2.45, 2.75) is 57.2 Å². The third-order valence-electron chi connectivity index (χ3n) is 3.52. The van der Waals surface area contributed by atoms with Crippen LogP contribution in [0.15, 0.2) is 12.1 Å². The summed E-state index contributed by atoms with van der Waals surface area (Å²) < 4.78 is 0. The molecule has 1 aliphatic carbocycles. The lowest BCUT2D eigenvalue weighted by Gasteiger charge is -2.14. The van der Waals surface area contributed by atoms with E-state index in [1.807, 2.05) is 11.3 Å². The monoisotopic (exact) mass is 256 g/mol. The maximum atomic E-state index is 6.32. The van der Waals surface area contributed by atoms with E-state index in [0.717, 1.165) is 5.92 Å². The van der Waals surface area contributed by atoms with Crippen molar-refractivity contribution >= 4 is 22.9 Å². The highest BCUT2D eigenvalue weighted by Gasteiger charge is 2.19. The zero-order chi connectivity index (χ0) is 11.4. The number of hydrogen-bond donors (Lipinski definition) is 0. The van der Waals surface area contributed by atoms with Crippen molar-refractivity contribution in [3.05, 3.63) is 21.9 Å². The molecule has 1 aromatic heterocycles. The minimum atomic E-state index is 0.429. The Kier molecular flexibility index (Phi) is 4.72. The summed E-state index contributed by atoms with van der Waals surface area (Å²) in [5, 5.41) is 0.429. The van der Waals surface area contributed by atoms with Crippen molar-refractivity contribution in [2.75, 3.05) is 0 Å². The first-order chi connectivity index (χ1) is 7.78. The summed E-state index contributed by atoms with van der Waals surface area (Å²) in [5.41, 5.74) is 0. The van der Waals surface area contributed by atoms with Crippen molar-refractivity contribution in [3.63, 3.8) is 0 Å². The van der Waals surface area contributed by atoms with E-state index in [0.29, 0.717) is 5.38 Å². The minimum absolute atomic E-state index is 0.429. The first-order valence-corrected chi connectivity index (χ1v) is 7.75. The van der Waals surface area contributed by atoms with Crippen molar-refractivity contribution in [3.8, 4) is 0 Å². The van der Waals surface area contributed by atoms with Gasteiger partial charge in [0.1, 0.15) is 0 Å². The van der Waals surface area contributed by atoms with Gasteiger partial charge in [0.05, 0.1) is 0 Å². The van der Waals surface area contributed by atoms with Crippen LogP contribution in [0.25, 0.3) is 0 Å². The Balaban J connectivity index is 1.92. The fourth-order valence-electron chi connectivity index (χ4n) is 2.59. The summed E-state index contributed by atoms with van der Waals surface area (Å²) in [6.45, 7) is 2.23. The highest BCUT2D eigenvalue weighted by molar-refractivity contribution is 7.11. The molecule has 0 bridgehead atoms. The second-order valence-corrected chi connectivity index (χ2v) is 6.78. The average molecular weight is 257 g/mol. The summed E-state index contributed by atoms with van der Waals surface area (Å²) in [6, 6.07) is 4.60. The fraction of sp³-hybridized carbons (Fsp3) is 0.714. The van der Waals surface area contributed by atoms with Crippen LogP contribution in [0.4, 0.5) is 0 Å².